The maximum absolute atomic E-state index is 11.2. The monoisotopic (exact) mass is 261 g/mol. The lowest BCUT2D eigenvalue weighted by Crippen LogP contribution is -2.38. The summed E-state index contributed by atoms with van der Waals surface area (Å²) in [7, 11) is 0. The normalized spacial score (nSPS) is 22.1. The Labute approximate surface area is 115 Å². The largest absolute Gasteiger partial charge is 0.481 e. The van der Waals surface area contributed by atoms with Crippen LogP contribution in [-0.4, -0.2) is 29.1 Å². The fourth-order valence-electron chi connectivity index (χ4n) is 3.01. The Morgan fingerprint density at radius 1 is 1.53 bits per heavy atom. The van der Waals surface area contributed by atoms with Crippen LogP contribution in [-0.2, 0) is 4.79 Å². The zero-order chi connectivity index (χ0) is 13.8. The second kappa shape index (κ2) is 6.20. The Bertz CT molecular complexity index is 444. The van der Waals surface area contributed by atoms with E-state index in [4.69, 9.17) is 0 Å². The summed E-state index contributed by atoms with van der Waals surface area (Å²) in [6.07, 6.45) is 2.61. The lowest BCUT2D eigenvalue weighted by molar-refractivity contribution is -0.138. The topological polar surface area (TPSA) is 40.5 Å². The third-order valence-electron chi connectivity index (χ3n) is 3.92. The molecule has 0 amide bonds. The molecule has 1 aromatic rings. The summed E-state index contributed by atoms with van der Waals surface area (Å²) in [6, 6.07) is 8.26. The molecule has 19 heavy (non-hydrogen) atoms. The molecule has 1 fully saturated rings. The fourth-order valence-corrected chi connectivity index (χ4v) is 3.01. The van der Waals surface area contributed by atoms with Crippen LogP contribution in [0.3, 0.4) is 0 Å². The van der Waals surface area contributed by atoms with Crippen LogP contribution in [0, 0.1) is 12.8 Å². The van der Waals surface area contributed by atoms with Gasteiger partial charge in [-0.3, -0.25) is 9.69 Å². The molecular formula is C16H23NO2. The first kappa shape index (κ1) is 14.1. The van der Waals surface area contributed by atoms with E-state index in [1.165, 1.54) is 18.4 Å². The molecule has 104 valence electrons. The smallest absolute Gasteiger partial charge is 0.305 e. The summed E-state index contributed by atoms with van der Waals surface area (Å²) in [5, 5.41) is 9.18. The number of carbonyl (C=O) groups is 1. The number of rotatable bonds is 4. The second-order valence-electron chi connectivity index (χ2n) is 5.77. The summed E-state index contributed by atoms with van der Waals surface area (Å²) in [6.45, 7) is 6.32. The minimum Gasteiger partial charge on any atom is -0.481 e. The van der Waals surface area contributed by atoms with Gasteiger partial charge in [0.25, 0.3) is 0 Å². The molecule has 0 bridgehead atoms. The number of carboxylic acids is 1. The molecule has 2 atom stereocenters. The van der Waals surface area contributed by atoms with Gasteiger partial charge in [-0.1, -0.05) is 36.8 Å². The molecule has 1 saturated heterocycles. The molecule has 1 aliphatic rings. The standard InChI is InChI=1S/C16H23NO2/c1-12-5-3-7-14(9-12)15(10-16(18)19)17-8-4-6-13(2)11-17/h3,5,7,9,13,15H,4,6,8,10-11H2,1-2H3,(H,18,19). The van der Waals surface area contributed by atoms with Crippen molar-refractivity contribution < 1.29 is 9.90 Å². The Kier molecular flexibility index (Phi) is 4.59. The molecule has 2 unspecified atom stereocenters. The van der Waals surface area contributed by atoms with E-state index >= 15 is 0 Å². The van der Waals surface area contributed by atoms with Crippen molar-refractivity contribution in [2.75, 3.05) is 13.1 Å². The van der Waals surface area contributed by atoms with Crippen LogP contribution in [0.1, 0.15) is 43.4 Å². The van der Waals surface area contributed by atoms with Crippen molar-refractivity contribution in [2.24, 2.45) is 5.92 Å². The van der Waals surface area contributed by atoms with Crippen molar-refractivity contribution in [1.29, 1.82) is 0 Å². The quantitative estimate of drug-likeness (QED) is 0.904. The molecule has 0 aromatic heterocycles. The predicted molar refractivity (Wildman–Crippen MR) is 76.1 cm³/mol. The van der Waals surface area contributed by atoms with Crippen molar-refractivity contribution >= 4 is 5.97 Å². The predicted octanol–water partition coefficient (Wildman–Crippen LogP) is 3.24. The lowest BCUT2D eigenvalue weighted by Gasteiger charge is -2.37. The van der Waals surface area contributed by atoms with E-state index in [-0.39, 0.29) is 12.5 Å². The zero-order valence-electron chi connectivity index (χ0n) is 11.8. The number of aryl methyl sites for hydroxylation is 1. The van der Waals surface area contributed by atoms with Crippen molar-refractivity contribution in [1.82, 2.24) is 4.90 Å². The SMILES string of the molecule is Cc1cccc(C(CC(=O)O)N2CCCC(C)C2)c1. The van der Waals surface area contributed by atoms with Crippen molar-refractivity contribution in [3.63, 3.8) is 0 Å². The van der Waals surface area contributed by atoms with Crippen molar-refractivity contribution in [2.45, 2.75) is 39.2 Å². The number of likely N-dealkylation sites (tertiary alicyclic amines) is 1. The van der Waals surface area contributed by atoms with Gasteiger partial charge in [0, 0.05) is 12.6 Å². The average Bonchev–Trinajstić information content (AvgIpc) is 2.35. The van der Waals surface area contributed by atoms with Gasteiger partial charge in [-0.2, -0.15) is 0 Å². The number of aliphatic carboxylic acids is 1. The maximum Gasteiger partial charge on any atom is 0.305 e. The number of hydrogen-bond donors (Lipinski definition) is 1. The molecule has 0 radical (unpaired) electrons. The highest BCUT2D eigenvalue weighted by atomic mass is 16.4. The lowest BCUT2D eigenvalue weighted by atomic mass is 9.94. The minimum absolute atomic E-state index is 0.0140. The van der Waals surface area contributed by atoms with Crippen LogP contribution in [0.2, 0.25) is 0 Å². The number of nitrogens with zero attached hydrogens (tertiary/aromatic N) is 1. The van der Waals surface area contributed by atoms with E-state index in [1.54, 1.807) is 0 Å². The molecule has 1 aromatic carbocycles. The number of carboxylic acid groups (broad SMARTS) is 1. The molecular weight excluding hydrogens is 238 g/mol. The summed E-state index contributed by atoms with van der Waals surface area (Å²) < 4.78 is 0. The van der Waals surface area contributed by atoms with Crippen LogP contribution >= 0.6 is 0 Å². The number of benzene rings is 1. The van der Waals surface area contributed by atoms with E-state index in [9.17, 15) is 9.90 Å². The van der Waals surface area contributed by atoms with E-state index in [0.29, 0.717) is 5.92 Å². The van der Waals surface area contributed by atoms with E-state index < -0.39 is 5.97 Å². The molecule has 0 spiro atoms. The van der Waals surface area contributed by atoms with Crippen LogP contribution in [0.5, 0.6) is 0 Å². The number of hydrogen-bond acceptors (Lipinski definition) is 2. The molecule has 3 heteroatoms. The Morgan fingerprint density at radius 2 is 2.32 bits per heavy atom. The van der Waals surface area contributed by atoms with Gasteiger partial charge in [0.15, 0.2) is 0 Å². The van der Waals surface area contributed by atoms with Crippen molar-refractivity contribution in [3.8, 4) is 0 Å². The summed E-state index contributed by atoms with van der Waals surface area (Å²) in [5.74, 6) is -0.0559. The van der Waals surface area contributed by atoms with Gasteiger partial charge < -0.3 is 5.11 Å². The van der Waals surface area contributed by atoms with Gasteiger partial charge in [0.1, 0.15) is 0 Å². The van der Waals surface area contributed by atoms with E-state index in [1.807, 2.05) is 6.07 Å². The summed E-state index contributed by atoms with van der Waals surface area (Å²) in [4.78, 5) is 13.5. The fraction of sp³-hybridized carbons (Fsp3) is 0.562. The Hall–Kier alpha value is -1.35. The first-order chi connectivity index (χ1) is 9.06. The van der Waals surface area contributed by atoms with Gasteiger partial charge in [0.05, 0.1) is 6.42 Å². The molecule has 0 aliphatic carbocycles. The van der Waals surface area contributed by atoms with Crippen LogP contribution < -0.4 is 0 Å². The van der Waals surface area contributed by atoms with E-state index in [2.05, 4.69) is 36.9 Å². The molecule has 1 N–H and O–H groups in total. The van der Waals surface area contributed by atoms with Gasteiger partial charge >= 0.3 is 5.97 Å². The average molecular weight is 261 g/mol. The van der Waals surface area contributed by atoms with Gasteiger partial charge in [-0.15, -0.1) is 0 Å². The van der Waals surface area contributed by atoms with E-state index in [0.717, 1.165) is 18.7 Å². The highest BCUT2D eigenvalue weighted by Gasteiger charge is 2.26. The third kappa shape index (κ3) is 3.80. The molecule has 0 saturated carbocycles. The molecule has 1 heterocycles. The Balaban J connectivity index is 2.22. The summed E-state index contributed by atoms with van der Waals surface area (Å²) >= 11 is 0. The van der Waals surface area contributed by atoms with Crippen LogP contribution in [0.25, 0.3) is 0 Å². The summed E-state index contributed by atoms with van der Waals surface area (Å²) in [5.41, 5.74) is 2.33. The van der Waals surface area contributed by atoms with Gasteiger partial charge in [-0.25, -0.2) is 0 Å². The molecule has 3 nitrogen and oxygen atoms in total. The number of piperidine rings is 1. The first-order valence-electron chi connectivity index (χ1n) is 7.08. The highest BCUT2D eigenvalue weighted by Crippen LogP contribution is 2.29. The van der Waals surface area contributed by atoms with Gasteiger partial charge in [0.2, 0.25) is 0 Å². The molecule has 1 aliphatic heterocycles. The highest BCUT2D eigenvalue weighted by molar-refractivity contribution is 5.68. The third-order valence-corrected chi connectivity index (χ3v) is 3.92. The zero-order valence-corrected chi connectivity index (χ0v) is 11.8. The first-order valence-corrected chi connectivity index (χ1v) is 7.08. The van der Waals surface area contributed by atoms with Crippen LogP contribution in [0.4, 0.5) is 0 Å². The van der Waals surface area contributed by atoms with Crippen LogP contribution in [0.15, 0.2) is 24.3 Å². The minimum atomic E-state index is -0.718. The Morgan fingerprint density at radius 3 is 2.95 bits per heavy atom. The van der Waals surface area contributed by atoms with Gasteiger partial charge in [-0.05, 0) is 37.8 Å². The maximum atomic E-state index is 11.2. The second-order valence-corrected chi connectivity index (χ2v) is 5.77. The molecule has 2 rings (SSSR count). The van der Waals surface area contributed by atoms with Crippen molar-refractivity contribution in [3.05, 3.63) is 35.4 Å².